The first-order valence-corrected chi connectivity index (χ1v) is 5.63. The van der Waals surface area contributed by atoms with Gasteiger partial charge in [-0.15, -0.1) is 11.8 Å². The van der Waals surface area contributed by atoms with Crippen molar-refractivity contribution >= 4 is 11.8 Å². The molecule has 2 aliphatic rings. The molecule has 1 atom stereocenters. The van der Waals surface area contributed by atoms with Crippen molar-refractivity contribution in [1.82, 2.24) is 4.90 Å². The molecular formula is C9H17NS. The van der Waals surface area contributed by atoms with E-state index in [2.05, 4.69) is 30.5 Å². The lowest BCUT2D eigenvalue weighted by Crippen LogP contribution is -2.46. The van der Waals surface area contributed by atoms with E-state index in [1.165, 1.54) is 31.6 Å². The van der Waals surface area contributed by atoms with Crippen LogP contribution in [-0.4, -0.2) is 28.1 Å². The largest absolute Gasteiger partial charge is 0.285 e. The van der Waals surface area contributed by atoms with E-state index < -0.39 is 0 Å². The predicted molar refractivity (Wildman–Crippen MR) is 50.9 cm³/mol. The number of thioether (sulfide) groups is 1. The molecule has 64 valence electrons. The predicted octanol–water partition coefficient (Wildman–Crippen LogP) is 2.32. The van der Waals surface area contributed by atoms with Gasteiger partial charge in [0.05, 0.1) is 5.37 Å². The van der Waals surface area contributed by atoms with Crippen LogP contribution in [0, 0.1) is 0 Å². The Hall–Kier alpha value is 0.310. The van der Waals surface area contributed by atoms with Crippen LogP contribution in [0.4, 0.5) is 0 Å². The average molecular weight is 171 g/mol. The summed E-state index contributed by atoms with van der Waals surface area (Å²) in [5.74, 6) is 1.33. The summed E-state index contributed by atoms with van der Waals surface area (Å²) in [6, 6.07) is 0. The van der Waals surface area contributed by atoms with Crippen LogP contribution in [-0.2, 0) is 0 Å². The van der Waals surface area contributed by atoms with E-state index in [0.29, 0.717) is 5.54 Å². The summed E-state index contributed by atoms with van der Waals surface area (Å²) in [7, 11) is 0. The highest BCUT2D eigenvalue weighted by molar-refractivity contribution is 8.00. The fourth-order valence-corrected chi connectivity index (χ4v) is 3.82. The summed E-state index contributed by atoms with van der Waals surface area (Å²) < 4.78 is 0. The molecule has 2 saturated heterocycles. The molecule has 1 nitrogen and oxygen atoms in total. The minimum absolute atomic E-state index is 0.482. The van der Waals surface area contributed by atoms with Crippen molar-refractivity contribution < 1.29 is 0 Å². The van der Waals surface area contributed by atoms with Crippen LogP contribution in [0.3, 0.4) is 0 Å². The van der Waals surface area contributed by atoms with Crippen molar-refractivity contribution in [3.63, 3.8) is 0 Å². The lowest BCUT2D eigenvalue weighted by Gasteiger charge is -2.37. The summed E-state index contributed by atoms with van der Waals surface area (Å²) in [6.07, 6.45) is 4.29. The molecule has 0 radical (unpaired) electrons. The molecule has 2 heteroatoms. The summed E-state index contributed by atoms with van der Waals surface area (Å²) in [5.41, 5.74) is 0.482. The van der Waals surface area contributed by atoms with Gasteiger partial charge in [-0.05, 0) is 39.7 Å². The maximum absolute atomic E-state index is 2.70. The molecule has 1 unspecified atom stereocenters. The Kier molecular flexibility index (Phi) is 1.92. The lowest BCUT2D eigenvalue weighted by molar-refractivity contribution is 0.113. The molecule has 0 amide bonds. The number of hydrogen-bond acceptors (Lipinski definition) is 2. The van der Waals surface area contributed by atoms with Gasteiger partial charge in [0.25, 0.3) is 0 Å². The van der Waals surface area contributed by atoms with Gasteiger partial charge in [0.2, 0.25) is 0 Å². The Morgan fingerprint density at radius 2 is 2.18 bits per heavy atom. The molecule has 2 fully saturated rings. The maximum Gasteiger partial charge on any atom is 0.0562 e. The van der Waals surface area contributed by atoms with Gasteiger partial charge < -0.3 is 0 Å². The Morgan fingerprint density at radius 3 is 2.91 bits per heavy atom. The Labute approximate surface area is 73.5 Å². The van der Waals surface area contributed by atoms with Crippen LogP contribution in [0.15, 0.2) is 0 Å². The molecule has 0 aliphatic carbocycles. The topological polar surface area (TPSA) is 3.24 Å². The van der Waals surface area contributed by atoms with Gasteiger partial charge in [0, 0.05) is 11.3 Å². The van der Waals surface area contributed by atoms with Crippen LogP contribution in [0.1, 0.15) is 33.1 Å². The fourth-order valence-electron chi connectivity index (χ4n) is 2.15. The second-order valence-corrected chi connectivity index (χ2v) is 5.43. The van der Waals surface area contributed by atoms with Gasteiger partial charge in [-0.2, -0.15) is 0 Å². The molecule has 0 bridgehead atoms. The van der Waals surface area contributed by atoms with E-state index >= 15 is 0 Å². The number of piperidine rings is 1. The zero-order valence-electron chi connectivity index (χ0n) is 7.47. The SMILES string of the molecule is CC1(C)CSC2CCCCN21. The summed E-state index contributed by atoms with van der Waals surface area (Å²) in [4.78, 5) is 2.70. The summed E-state index contributed by atoms with van der Waals surface area (Å²) in [5, 5.41) is 0.860. The standard InChI is InChI=1S/C9H17NS/c1-9(2)7-11-8-5-3-4-6-10(8)9/h8H,3-7H2,1-2H3. The van der Waals surface area contributed by atoms with Gasteiger partial charge in [-0.3, -0.25) is 4.90 Å². The first kappa shape index (κ1) is 7.93. The van der Waals surface area contributed by atoms with E-state index in [1.807, 2.05) is 0 Å². The highest BCUT2D eigenvalue weighted by Crippen LogP contribution is 2.40. The second kappa shape index (κ2) is 2.67. The molecule has 2 aliphatic heterocycles. The molecule has 0 aromatic heterocycles. The molecule has 0 aromatic carbocycles. The average Bonchev–Trinajstić information content (AvgIpc) is 2.29. The van der Waals surface area contributed by atoms with E-state index in [1.54, 1.807) is 0 Å². The quantitative estimate of drug-likeness (QED) is 0.550. The van der Waals surface area contributed by atoms with Gasteiger partial charge >= 0.3 is 0 Å². The van der Waals surface area contributed by atoms with Crippen LogP contribution < -0.4 is 0 Å². The minimum atomic E-state index is 0.482. The van der Waals surface area contributed by atoms with E-state index in [-0.39, 0.29) is 0 Å². The van der Waals surface area contributed by atoms with Crippen molar-refractivity contribution in [3.8, 4) is 0 Å². The molecule has 2 rings (SSSR count). The third kappa shape index (κ3) is 1.31. The van der Waals surface area contributed by atoms with Crippen molar-refractivity contribution in [2.24, 2.45) is 0 Å². The molecule has 2 heterocycles. The number of hydrogen-bond donors (Lipinski definition) is 0. The maximum atomic E-state index is 2.70. The fraction of sp³-hybridized carbons (Fsp3) is 1.00. The lowest BCUT2D eigenvalue weighted by atomic mass is 10.0. The van der Waals surface area contributed by atoms with Gasteiger partial charge in [0.15, 0.2) is 0 Å². The number of rotatable bonds is 0. The summed E-state index contributed by atoms with van der Waals surface area (Å²) in [6.45, 7) is 6.10. The van der Waals surface area contributed by atoms with Crippen molar-refractivity contribution in [2.75, 3.05) is 12.3 Å². The Balaban J connectivity index is 2.10. The van der Waals surface area contributed by atoms with Crippen LogP contribution in [0.25, 0.3) is 0 Å². The number of fused-ring (bicyclic) bond motifs is 1. The monoisotopic (exact) mass is 171 g/mol. The Morgan fingerprint density at radius 1 is 1.36 bits per heavy atom. The second-order valence-electron chi connectivity index (χ2n) is 4.27. The van der Waals surface area contributed by atoms with Crippen molar-refractivity contribution in [1.29, 1.82) is 0 Å². The van der Waals surface area contributed by atoms with E-state index in [4.69, 9.17) is 0 Å². The third-order valence-corrected chi connectivity index (χ3v) is 4.60. The highest BCUT2D eigenvalue weighted by atomic mass is 32.2. The van der Waals surface area contributed by atoms with Crippen LogP contribution in [0.2, 0.25) is 0 Å². The van der Waals surface area contributed by atoms with Crippen molar-refractivity contribution in [3.05, 3.63) is 0 Å². The zero-order chi connectivity index (χ0) is 7.90. The molecule has 11 heavy (non-hydrogen) atoms. The van der Waals surface area contributed by atoms with Gasteiger partial charge in [-0.25, -0.2) is 0 Å². The third-order valence-electron chi connectivity index (χ3n) is 2.85. The normalized spacial score (nSPS) is 37.1. The first-order valence-electron chi connectivity index (χ1n) is 4.58. The van der Waals surface area contributed by atoms with Crippen molar-refractivity contribution in [2.45, 2.75) is 44.0 Å². The minimum Gasteiger partial charge on any atom is -0.285 e. The van der Waals surface area contributed by atoms with Crippen LogP contribution in [0.5, 0.6) is 0 Å². The van der Waals surface area contributed by atoms with E-state index in [0.717, 1.165) is 5.37 Å². The highest BCUT2D eigenvalue weighted by Gasteiger charge is 2.40. The first-order chi connectivity index (χ1) is 5.20. The van der Waals surface area contributed by atoms with Gasteiger partial charge in [0.1, 0.15) is 0 Å². The van der Waals surface area contributed by atoms with Crippen LogP contribution >= 0.6 is 11.8 Å². The zero-order valence-corrected chi connectivity index (χ0v) is 8.28. The Bertz CT molecular complexity index is 156. The molecular weight excluding hydrogens is 154 g/mol. The molecule has 0 N–H and O–H groups in total. The molecule has 0 aromatic rings. The molecule has 0 spiro atoms. The summed E-state index contributed by atoms with van der Waals surface area (Å²) >= 11 is 2.16. The van der Waals surface area contributed by atoms with Gasteiger partial charge in [-0.1, -0.05) is 0 Å². The number of nitrogens with zero attached hydrogens (tertiary/aromatic N) is 1. The molecule has 0 saturated carbocycles. The smallest absolute Gasteiger partial charge is 0.0562 e. The van der Waals surface area contributed by atoms with E-state index in [9.17, 15) is 0 Å².